The predicted octanol–water partition coefficient (Wildman–Crippen LogP) is -0.422. The number of hydrogen-bond donors (Lipinski definition) is 1. The van der Waals surface area contributed by atoms with Crippen LogP contribution in [0.3, 0.4) is 0 Å². The summed E-state index contributed by atoms with van der Waals surface area (Å²) in [7, 11) is -1.28. The number of methoxy groups -OCH3 is 1. The van der Waals surface area contributed by atoms with Gasteiger partial charge in [0.1, 0.15) is 0 Å². The number of aryl methyl sites for hydroxylation is 1. The molecule has 0 radical (unpaired) electrons. The maximum atomic E-state index is 11.5. The average molecular weight is 289 g/mol. The van der Waals surface area contributed by atoms with Crippen molar-refractivity contribution in [2.75, 3.05) is 31.8 Å². The van der Waals surface area contributed by atoms with Gasteiger partial charge in [0.05, 0.1) is 11.5 Å². The van der Waals surface area contributed by atoms with Crippen LogP contribution in [0.4, 0.5) is 0 Å². The minimum atomic E-state index is -2.93. The molecule has 0 aromatic carbocycles. The van der Waals surface area contributed by atoms with Gasteiger partial charge in [-0.25, -0.2) is 8.42 Å². The summed E-state index contributed by atoms with van der Waals surface area (Å²) < 4.78 is 33.1. The van der Waals surface area contributed by atoms with Gasteiger partial charge in [-0.05, 0) is 6.42 Å². The molecule has 1 aliphatic rings. The number of nitrogens with one attached hydrogen (secondary N) is 1. The van der Waals surface area contributed by atoms with Crippen molar-refractivity contribution in [3.05, 3.63) is 11.7 Å². The number of aromatic nitrogens is 2. The Kier molecular flexibility index (Phi) is 4.89. The standard InChI is InChI=1S/C11H19N3O4S/c1-17-5-2-3-10-13-11(18-14-10)7-9-8-19(15,16)6-4-12-9/h9,12H,2-8H2,1H3. The van der Waals surface area contributed by atoms with Crippen molar-refractivity contribution in [3.63, 3.8) is 0 Å². The van der Waals surface area contributed by atoms with Crippen LogP contribution in [-0.4, -0.2) is 56.4 Å². The fraction of sp³-hybridized carbons (Fsp3) is 0.818. The molecule has 1 aromatic rings. The fourth-order valence-electron chi connectivity index (χ4n) is 2.06. The zero-order chi connectivity index (χ0) is 13.7. The monoisotopic (exact) mass is 289 g/mol. The van der Waals surface area contributed by atoms with E-state index in [1.165, 1.54) is 0 Å². The Balaban J connectivity index is 1.85. The number of sulfone groups is 1. The molecule has 0 bridgehead atoms. The molecule has 1 atom stereocenters. The lowest BCUT2D eigenvalue weighted by atomic mass is 10.2. The lowest BCUT2D eigenvalue weighted by Crippen LogP contribution is -2.46. The van der Waals surface area contributed by atoms with Crippen LogP contribution in [0, 0.1) is 0 Å². The van der Waals surface area contributed by atoms with Gasteiger partial charge in [-0.2, -0.15) is 4.98 Å². The van der Waals surface area contributed by atoms with E-state index in [2.05, 4.69) is 15.5 Å². The molecule has 1 N–H and O–H groups in total. The summed E-state index contributed by atoms with van der Waals surface area (Å²) in [5, 5.41) is 7.03. The normalized spacial score (nSPS) is 22.5. The van der Waals surface area contributed by atoms with Gasteiger partial charge >= 0.3 is 0 Å². The van der Waals surface area contributed by atoms with E-state index in [4.69, 9.17) is 9.26 Å². The molecular formula is C11H19N3O4S. The highest BCUT2D eigenvalue weighted by molar-refractivity contribution is 7.91. The summed E-state index contributed by atoms with van der Waals surface area (Å²) in [6.45, 7) is 1.15. The molecular weight excluding hydrogens is 270 g/mol. The fourth-order valence-corrected chi connectivity index (χ4v) is 3.50. The van der Waals surface area contributed by atoms with Crippen LogP contribution in [-0.2, 0) is 27.4 Å². The number of nitrogens with zero attached hydrogens (tertiary/aromatic N) is 2. The third-order valence-electron chi connectivity index (χ3n) is 2.98. The highest BCUT2D eigenvalue weighted by Gasteiger charge is 2.25. The van der Waals surface area contributed by atoms with E-state index in [9.17, 15) is 8.42 Å². The van der Waals surface area contributed by atoms with E-state index in [-0.39, 0.29) is 17.5 Å². The van der Waals surface area contributed by atoms with Crippen LogP contribution in [0.25, 0.3) is 0 Å². The first-order valence-corrected chi connectivity index (χ1v) is 8.15. The number of hydrogen-bond acceptors (Lipinski definition) is 7. The maximum Gasteiger partial charge on any atom is 0.228 e. The largest absolute Gasteiger partial charge is 0.385 e. The van der Waals surface area contributed by atoms with Gasteiger partial charge in [-0.3, -0.25) is 0 Å². The zero-order valence-electron chi connectivity index (χ0n) is 11.0. The van der Waals surface area contributed by atoms with E-state index in [1.54, 1.807) is 7.11 Å². The lowest BCUT2D eigenvalue weighted by molar-refractivity contribution is 0.194. The maximum absolute atomic E-state index is 11.5. The molecule has 7 nitrogen and oxygen atoms in total. The quantitative estimate of drug-likeness (QED) is 0.711. The van der Waals surface area contributed by atoms with E-state index < -0.39 is 9.84 Å². The van der Waals surface area contributed by atoms with E-state index in [0.717, 1.165) is 6.42 Å². The highest BCUT2D eigenvalue weighted by Crippen LogP contribution is 2.08. The van der Waals surface area contributed by atoms with Crippen molar-refractivity contribution in [1.29, 1.82) is 0 Å². The van der Waals surface area contributed by atoms with Gasteiger partial charge in [0, 0.05) is 39.1 Å². The van der Waals surface area contributed by atoms with Crippen molar-refractivity contribution in [2.45, 2.75) is 25.3 Å². The Labute approximate surface area is 112 Å². The molecule has 1 fully saturated rings. The van der Waals surface area contributed by atoms with E-state index >= 15 is 0 Å². The summed E-state index contributed by atoms with van der Waals surface area (Å²) >= 11 is 0. The molecule has 108 valence electrons. The van der Waals surface area contributed by atoms with Crippen LogP contribution in [0.1, 0.15) is 18.1 Å². The highest BCUT2D eigenvalue weighted by atomic mass is 32.2. The molecule has 0 aliphatic carbocycles. The van der Waals surface area contributed by atoms with Crippen LogP contribution in [0.2, 0.25) is 0 Å². The summed E-state index contributed by atoms with van der Waals surface area (Å²) in [4.78, 5) is 4.26. The van der Waals surface area contributed by atoms with Crippen LogP contribution >= 0.6 is 0 Å². The topological polar surface area (TPSA) is 94.3 Å². The Bertz CT molecular complexity index is 500. The zero-order valence-corrected chi connectivity index (χ0v) is 11.8. The average Bonchev–Trinajstić information content (AvgIpc) is 2.76. The van der Waals surface area contributed by atoms with E-state index in [0.29, 0.717) is 37.7 Å². The Morgan fingerprint density at radius 2 is 2.37 bits per heavy atom. The minimum absolute atomic E-state index is 0.133. The number of rotatable bonds is 6. The van der Waals surface area contributed by atoms with Crippen molar-refractivity contribution >= 4 is 9.84 Å². The molecule has 1 saturated heterocycles. The Morgan fingerprint density at radius 3 is 3.11 bits per heavy atom. The first-order chi connectivity index (χ1) is 9.09. The molecule has 2 rings (SSSR count). The van der Waals surface area contributed by atoms with Crippen LogP contribution < -0.4 is 5.32 Å². The minimum Gasteiger partial charge on any atom is -0.385 e. The second-order valence-electron chi connectivity index (χ2n) is 4.67. The van der Waals surface area contributed by atoms with Crippen LogP contribution in [0.15, 0.2) is 4.52 Å². The first-order valence-electron chi connectivity index (χ1n) is 6.33. The molecule has 2 heterocycles. The molecule has 0 spiro atoms. The molecule has 8 heteroatoms. The summed E-state index contributed by atoms with van der Waals surface area (Å²) in [6, 6.07) is -0.133. The smallest absolute Gasteiger partial charge is 0.228 e. The Hall–Kier alpha value is -0.990. The van der Waals surface area contributed by atoms with Crippen LogP contribution in [0.5, 0.6) is 0 Å². The predicted molar refractivity (Wildman–Crippen MR) is 68.6 cm³/mol. The second kappa shape index (κ2) is 6.44. The molecule has 1 aliphatic heterocycles. The number of ether oxygens (including phenoxy) is 1. The molecule has 0 saturated carbocycles. The summed E-state index contributed by atoms with van der Waals surface area (Å²) in [5.74, 6) is 1.47. The molecule has 1 aromatic heterocycles. The van der Waals surface area contributed by atoms with Gasteiger partial charge in [0.25, 0.3) is 0 Å². The van der Waals surface area contributed by atoms with E-state index in [1.807, 2.05) is 0 Å². The summed E-state index contributed by atoms with van der Waals surface area (Å²) in [5.41, 5.74) is 0. The van der Waals surface area contributed by atoms with Crippen molar-refractivity contribution < 1.29 is 17.7 Å². The van der Waals surface area contributed by atoms with Gasteiger partial charge < -0.3 is 14.6 Å². The van der Waals surface area contributed by atoms with Gasteiger partial charge in [0.2, 0.25) is 5.89 Å². The molecule has 0 amide bonds. The third-order valence-corrected chi connectivity index (χ3v) is 4.72. The van der Waals surface area contributed by atoms with Gasteiger partial charge in [-0.1, -0.05) is 5.16 Å². The van der Waals surface area contributed by atoms with Crippen molar-refractivity contribution in [2.24, 2.45) is 0 Å². The first kappa shape index (κ1) is 14.4. The third kappa shape index (κ3) is 4.55. The van der Waals surface area contributed by atoms with Gasteiger partial charge in [-0.15, -0.1) is 0 Å². The Morgan fingerprint density at radius 1 is 1.53 bits per heavy atom. The van der Waals surface area contributed by atoms with Gasteiger partial charge in [0.15, 0.2) is 15.7 Å². The second-order valence-corrected chi connectivity index (χ2v) is 6.90. The lowest BCUT2D eigenvalue weighted by Gasteiger charge is -2.21. The van der Waals surface area contributed by atoms with Crippen molar-refractivity contribution in [1.82, 2.24) is 15.5 Å². The molecule has 1 unspecified atom stereocenters. The SMILES string of the molecule is COCCCc1noc(CC2CS(=O)(=O)CCN2)n1. The molecule has 19 heavy (non-hydrogen) atoms. The van der Waals surface area contributed by atoms with Crippen molar-refractivity contribution in [3.8, 4) is 0 Å². The summed E-state index contributed by atoms with van der Waals surface area (Å²) in [6.07, 6.45) is 2.00.